The van der Waals surface area contributed by atoms with Crippen molar-refractivity contribution in [2.75, 3.05) is 0 Å². The number of halogens is 1. The predicted molar refractivity (Wildman–Crippen MR) is 113 cm³/mol. The van der Waals surface area contributed by atoms with Crippen LogP contribution in [0.15, 0.2) is 97.5 Å². The Morgan fingerprint density at radius 3 is 2.19 bits per heavy atom. The Kier molecular flexibility index (Phi) is 6.99. The van der Waals surface area contributed by atoms with Gasteiger partial charge in [-0.3, -0.25) is 14.9 Å². The molecule has 0 bridgehead atoms. The quantitative estimate of drug-likeness (QED) is 0.183. The van der Waals surface area contributed by atoms with Gasteiger partial charge in [0, 0.05) is 29.3 Å². The Hall–Kier alpha value is -3.71. The minimum absolute atomic E-state index is 0. The summed E-state index contributed by atoms with van der Waals surface area (Å²) >= 11 is 0. The zero-order valence-electron chi connectivity index (χ0n) is 16.4. The van der Waals surface area contributed by atoms with Gasteiger partial charge in [0.15, 0.2) is 12.2 Å². The molecule has 1 heterocycles. The van der Waals surface area contributed by atoms with Crippen LogP contribution in [0.2, 0.25) is 0 Å². The number of ketones is 1. The number of nitro groups is 1. The maximum atomic E-state index is 12.4. The molecule has 3 aromatic carbocycles. The number of aromatic nitrogens is 2. The smallest absolute Gasteiger partial charge is 0.287 e. The third-order valence-electron chi connectivity index (χ3n) is 4.76. The molecule has 4 aromatic rings. The Balaban J connectivity index is 0.00000272. The highest BCUT2D eigenvalue weighted by Crippen LogP contribution is 2.23. The van der Waals surface area contributed by atoms with Gasteiger partial charge in [-0.15, -0.1) is 0 Å². The van der Waals surface area contributed by atoms with Crippen molar-refractivity contribution in [1.82, 2.24) is 4.98 Å². The topological polar surface area (TPSA) is 77.0 Å². The standard InChI is InChI=1S/C24H18N3O3.BrH/c28-24(21-7-4-8-22(15-21)27(29)30)16-26-14-13-23(25-17-26)20-11-9-19(10-12-20)18-5-2-1-3-6-18;/h1-15,17H,16H2;1H/q+1;/p-1. The normalized spacial score (nSPS) is 10.2. The summed E-state index contributed by atoms with van der Waals surface area (Å²) < 4.78 is 1.66. The van der Waals surface area contributed by atoms with Crippen molar-refractivity contribution in [3.63, 3.8) is 0 Å². The lowest BCUT2D eigenvalue weighted by atomic mass is 10.0. The van der Waals surface area contributed by atoms with Crippen molar-refractivity contribution >= 4 is 11.5 Å². The Morgan fingerprint density at radius 2 is 1.55 bits per heavy atom. The number of non-ortho nitro benzene ring substituents is 1. The SMILES string of the molecule is O=C(C[n+]1ccc(-c2ccc(-c3ccccc3)cc2)nc1)c1cccc([N+](=O)[O-])c1.[Br-]. The minimum Gasteiger partial charge on any atom is -1.00 e. The molecule has 0 aliphatic carbocycles. The number of carbonyl (C=O) groups excluding carboxylic acids is 1. The van der Waals surface area contributed by atoms with Gasteiger partial charge >= 0.3 is 0 Å². The monoisotopic (exact) mass is 475 g/mol. The van der Waals surface area contributed by atoms with Gasteiger partial charge in [-0.25, -0.2) is 4.57 Å². The van der Waals surface area contributed by atoms with Gasteiger partial charge < -0.3 is 17.0 Å². The molecule has 6 nitrogen and oxygen atoms in total. The van der Waals surface area contributed by atoms with Crippen molar-refractivity contribution in [2.45, 2.75) is 6.54 Å². The van der Waals surface area contributed by atoms with E-state index in [2.05, 4.69) is 29.2 Å². The third kappa shape index (κ3) is 5.26. The maximum Gasteiger partial charge on any atom is 0.287 e. The molecule has 0 aliphatic rings. The van der Waals surface area contributed by atoms with E-state index >= 15 is 0 Å². The summed E-state index contributed by atoms with van der Waals surface area (Å²) in [6.45, 7) is 0.0569. The van der Waals surface area contributed by atoms with Crippen LogP contribution >= 0.6 is 0 Å². The van der Waals surface area contributed by atoms with Crippen LogP contribution in [0.25, 0.3) is 22.4 Å². The van der Waals surface area contributed by atoms with E-state index in [4.69, 9.17) is 0 Å². The molecule has 0 N–H and O–H groups in total. The van der Waals surface area contributed by atoms with Gasteiger partial charge in [0.2, 0.25) is 5.78 Å². The summed E-state index contributed by atoms with van der Waals surface area (Å²) in [5.74, 6) is -0.217. The van der Waals surface area contributed by atoms with Crippen molar-refractivity contribution in [3.05, 3.63) is 113 Å². The second-order valence-electron chi connectivity index (χ2n) is 6.79. The van der Waals surface area contributed by atoms with Gasteiger partial charge in [-0.05, 0) is 28.2 Å². The number of Topliss-reactive ketones (excluding diaryl/α,β-unsaturated/α-hetero) is 1. The number of hydrogen-bond acceptors (Lipinski definition) is 4. The van der Waals surface area contributed by atoms with E-state index in [0.29, 0.717) is 5.56 Å². The van der Waals surface area contributed by atoms with Gasteiger partial charge in [-0.1, -0.05) is 54.6 Å². The first-order valence-electron chi connectivity index (χ1n) is 9.39. The van der Waals surface area contributed by atoms with Crippen LogP contribution in [0.4, 0.5) is 5.69 Å². The van der Waals surface area contributed by atoms with Crippen molar-refractivity contribution < 1.29 is 31.3 Å². The summed E-state index contributed by atoms with van der Waals surface area (Å²) in [5.41, 5.74) is 4.27. The molecule has 31 heavy (non-hydrogen) atoms. The Morgan fingerprint density at radius 1 is 0.871 bits per heavy atom. The van der Waals surface area contributed by atoms with Crippen LogP contribution in [0.5, 0.6) is 0 Å². The zero-order valence-corrected chi connectivity index (χ0v) is 18.0. The third-order valence-corrected chi connectivity index (χ3v) is 4.76. The molecule has 0 amide bonds. The average molecular weight is 476 g/mol. The first-order chi connectivity index (χ1) is 14.6. The number of nitrogens with zero attached hydrogens (tertiary/aromatic N) is 3. The fraction of sp³-hybridized carbons (Fsp3) is 0.0417. The summed E-state index contributed by atoms with van der Waals surface area (Å²) in [6.07, 6.45) is 3.37. The number of rotatable bonds is 6. The van der Waals surface area contributed by atoms with Crippen LogP contribution in [0.3, 0.4) is 0 Å². The molecule has 0 unspecified atom stereocenters. The fourth-order valence-electron chi connectivity index (χ4n) is 3.16. The highest BCUT2D eigenvalue weighted by Gasteiger charge is 2.15. The minimum atomic E-state index is -0.511. The zero-order chi connectivity index (χ0) is 20.9. The molecule has 0 fully saturated rings. The van der Waals surface area contributed by atoms with Crippen LogP contribution in [0, 0.1) is 10.1 Å². The van der Waals surface area contributed by atoms with E-state index in [1.807, 2.05) is 36.4 Å². The van der Waals surface area contributed by atoms with Gasteiger partial charge in [-0.2, -0.15) is 0 Å². The van der Waals surface area contributed by atoms with Crippen molar-refractivity contribution in [3.8, 4) is 22.4 Å². The van der Waals surface area contributed by atoms with E-state index in [1.165, 1.54) is 18.2 Å². The molecule has 0 saturated heterocycles. The lowest BCUT2D eigenvalue weighted by Crippen LogP contribution is -3.00. The first-order valence-corrected chi connectivity index (χ1v) is 9.39. The van der Waals surface area contributed by atoms with E-state index in [1.54, 1.807) is 23.2 Å². The summed E-state index contributed by atoms with van der Waals surface area (Å²) in [6, 6.07) is 25.9. The molecular formula is C24H18BrN3O3. The molecule has 0 radical (unpaired) electrons. The molecule has 0 saturated carbocycles. The molecule has 154 valence electrons. The largest absolute Gasteiger partial charge is 1.00 e. The van der Waals surface area contributed by atoms with E-state index in [0.717, 1.165) is 22.4 Å². The van der Waals surface area contributed by atoms with Crippen LogP contribution in [0.1, 0.15) is 10.4 Å². The van der Waals surface area contributed by atoms with E-state index in [9.17, 15) is 14.9 Å². The maximum absolute atomic E-state index is 12.4. The highest BCUT2D eigenvalue weighted by atomic mass is 79.9. The number of hydrogen-bond donors (Lipinski definition) is 0. The van der Waals surface area contributed by atoms with Gasteiger partial charge in [0.05, 0.1) is 11.1 Å². The van der Waals surface area contributed by atoms with Crippen LogP contribution in [-0.4, -0.2) is 15.7 Å². The molecule has 1 aromatic heterocycles. The Labute approximate surface area is 189 Å². The van der Waals surface area contributed by atoms with Gasteiger partial charge in [0.25, 0.3) is 12.0 Å². The Bertz CT molecular complexity index is 1190. The second kappa shape index (κ2) is 9.86. The summed E-state index contributed by atoms with van der Waals surface area (Å²) in [4.78, 5) is 27.3. The fourth-order valence-corrected chi connectivity index (χ4v) is 3.16. The summed E-state index contributed by atoms with van der Waals surface area (Å²) in [7, 11) is 0. The molecular weight excluding hydrogens is 458 g/mol. The molecule has 7 heteroatoms. The molecule has 0 aliphatic heterocycles. The molecule has 0 atom stereocenters. The predicted octanol–water partition coefficient (Wildman–Crippen LogP) is 1.50. The molecule has 0 spiro atoms. The van der Waals surface area contributed by atoms with E-state index in [-0.39, 0.29) is 35.0 Å². The first kappa shape index (κ1) is 22.0. The van der Waals surface area contributed by atoms with Crippen molar-refractivity contribution in [2.24, 2.45) is 0 Å². The highest BCUT2D eigenvalue weighted by molar-refractivity contribution is 5.95. The number of carbonyl (C=O) groups is 1. The lowest BCUT2D eigenvalue weighted by Gasteiger charge is -2.03. The lowest BCUT2D eigenvalue weighted by molar-refractivity contribution is -0.686. The van der Waals surface area contributed by atoms with Crippen LogP contribution in [-0.2, 0) is 6.54 Å². The summed E-state index contributed by atoms with van der Waals surface area (Å²) in [5, 5.41) is 10.9. The molecule has 4 rings (SSSR count). The van der Waals surface area contributed by atoms with Crippen LogP contribution < -0.4 is 21.5 Å². The number of benzene rings is 3. The van der Waals surface area contributed by atoms with Crippen molar-refractivity contribution in [1.29, 1.82) is 0 Å². The van der Waals surface area contributed by atoms with E-state index < -0.39 is 4.92 Å². The second-order valence-corrected chi connectivity index (χ2v) is 6.79. The number of nitro benzene ring substituents is 1. The van der Waals surface area contributed by atoms with Gasteiger partial charge in [0.1, 0.15) is 0 Å². The average Bonchev–Trinajstić information content (AvgIpc) is 2.80.